The maximum atomic E-state index is 13.5. The van der Waals surface area contributed by atoms with Crippen LogP contribution in [-0.2, 0) is 6.54 Å². The molecule has 6 heteroatoms. The number of methoxy groups -OCH3 is 1. The van der Waals surface area contributed by atoms with Crippen LogP contribution in [0.15, 0.2) is 60.9 Å². The highest BCUT2D eigenvalue weighted by molar-refractivity contribution is 7.22. The Balaban J connectivity index is 1.77. The first-order valence-electron chi connectivity index (χ1n) is 9.28. The number of aryl methyl sites for hydroxylation is 2. The highest BCUT2D eigenvalue weighted by atomic mass is 32.1. The third-order valence-electron chi connectivity index (χ3n) is 4.88. The van der Waals surface area contributed by atoms with Gasteiger partial charge in [-0.15, -0.1) is 0 Å². The second kappa shape index (κ2) is 8.01. The molecule has 29 heavy (non-hydrogen) atoms. The van der Waals surface area contributed by atoms with E-state index in [1.54, 1.807) is 24.4 Å². The molecule has 4 rings (SSSR count). The monoisotopic (exact) mass is 403 g/mol. The topological polar surface area (TPSA) is 55.3 Å². The van der Waals surface area contributed by atoms with E-state index in [2.05, 4.69) is 4.98 Å². The third-order valence-corrected chi connectivity index (χ3v) is 5.94. The molecule has 0 spiro atoms. The summed E-state index contributed by atoms with van der Waals surface area (Å²) in [7, 11) is 1.63. The number of hydrogen-bond acceptors (Lipinski definition) is 5. The first-order valence-corrected chi connectivity index (χ1v) is 10.1. The molecule has 2 aromatic heterocycles. The molecule has 2 aromatic carbocycles. The van der Waals surface area contributed by atoms with E-state index in [0.717, 1.165) is 32.7 Å². The van der Waals surface area contributed by atoms with Crippen molar-refractivity contribution >= 4 is 32.6 Å². The molecular weight excluding hydrogens is 382 g/mol. The molecule has 4 aromatic rings. The number of ether oxygens (including phenoxy) is 1. The standard InChI is InChI=1S/C23H21N3O2S/c1-15-6-7-18(11-16(15)2)22(27)26(14-17-5-4-10-24-13-17)23-25-20-12-19(28-3)8-9-21(20)29-23/h4-13H,14H2,1-3H3. The maximum absolute atomic E-state index is 13.5. The van der Waals surface area contributed by atoms with Gasteiger partial charge in [-0.2, -0.15) is 0 Å². The van der Waals surface area contributed by atoms with Crippen LogP contribution in [0.1, 0.15) is 27.0 Å². The fraction of sp³-hybridized carbons (Fsp3) is 0.174. The zero-order valence-electron chi connectivity index (χ0n) is 16.5. The van der Waals surface area contributed by atoms with Crippen molar-refractivity contribution in [2.75, 3.05) is 12.0 Å². The minimum absolute atomic E-state index is 0.0806. The fourth-order valence-corrected chi connectivity index (χ4v) is 4.01. The third kappa shape index (κ3) is 3.98. The number of nitrogens with zero attached hydrogens (tertiary/aromatic N) is 3. The number of carbonyl (C=O) groups is 1. The molecule has 0 aliphatic heterocycles. The van der Waals surface area contributed by atoms with E-state index in [1.165, 1.54) is 11.3 Å². The van der Waals surface area contributed by atoms with E-state index in [-0.39, 0.29) is 5.91 Å². The molecule has 0 aliphatic rings. The molecule has 0 saturated heterocycles. The number of pyridine rings is 1. The number of fused-ring (bicyclic) bond motifs is 1. The molecule has 0 bridgehead atoms. The largest absolute Gasteiger partial charge is 0.497 e. The number of aromatic nitrogens is 2. The van der Waals surface area contributed by atoms with Crippen LogP contribution in [0.4, 0.5) is 5.13 Å². The second-order valence-corrected chi connectivity index (χ2v) is 7.89. The van der Waals surface area contributed by atoms with Gasteiger partial charge in [0.2, 0.25) is 0 Å². The molecule has 146 valence electrons. The van der Waals surface area contributed by atoms with Crippen LogP contribution in [0, 0.1) is 13.8 Å². The zero-order chi connectivity index (χ0) is 20.4. The van der Waals surface area contributed by atoms with Crippen LogP contribution in [0.25, 0.3) is 10.2 Å². The molecule has 0 aliphatic carbocycles. The Kier molecular flexibility index (Phi) is 5.27. The van der Waals surface area contributed by atoms with Crippen LogP contribution in [0.2, 0.25) is 0 Å². The number of thiazole rings is 1. The van der Waals surface area contributed by atoms with Crippen molar-refractivity contribution in [3.63, 3.8) is 0 Å². The van der Waals surface area contributed by atoms with Gasteiger partial charge in [-0.3, -0.25) is 14.7 Å². The lowest BCUT2D eigenvalue weighted by molar-refractivity contribution is 0.0985. The number of anilines is 1. The minimum Gasteiger partial charge on any atom is -0.497 e. The normalized spacial score (nSPS) is 10.9. The van der Waals surface area contributed by atoms with Crippen molar-refractivity contribution in [2.24, 2.45) is 0 Å². The van der Waals surface area contributed by atoms with Gasteiger partial charge in [0, 0.05) is 24.0 Å². The molecule has 0 radical (unpaired) electrons. The van der Waals surface area contributed by atoms with E-state index in [1.807, 2.05) is 62.4 Å². The quantitative estimate of drug-likeness (QED) is 0.462. The lowest BCUT2D eigenvalue weighted by atomic mass is 10.1. The molecule has 0 saturated carbocycles. The van der Waals surface area contributed by atoms with Crippen molar-refractivity contribution in [3.8, 4) is 5.75 Å². The number of hydrogen-bond donors (Lipinski definition) is 0. The summed E-state index contributed by atoms with van der Waals surface area (Å²) in [5.74, 6) is 0.664. The Morgan fingerprint density at radius 2 is 1.97 bits per heavy atom. The van der Waals surface area contributed by atoms with Crippen molar-refractivity contribution in [2.45, 2.75) is 20.4 Å². The summed E-state index contributed by atoms with van der Waals surface area (Å²) >= 11 is 1.49. The summed E-state index contributed by atoms with van der Waals surface area (Å²) in [5.41, 5.74) is 4.66. The van der Waals surface area contributed by atoms with E-state index in [9.17, 15) is 4.79 Å². The molecule has 0 fully saturated rings. The van der Waals surface area contributed by atoms with Crippen LogP contribution >= 0.6 is 11.3 Å². The summed E-state index contributed by atoms with van der Waals surface area (Å²) in [4.78, 5) is 24.1. The summed E-state index contributed by atoms with van der Waals surface area (Å²) in [6.45, 7) is 4.45. The van der Waals surface area contributed by atoms with Gasteiger partial charge >= 0.3 is 0 Å². The Labute approximate surface area is 173 Å². The highest BCUT2D eigenvalue weighted by Crippen LogP contribution is 2.33. The molecule has 1 amide bonds. The van der Waals surface area contributed by atoms with E-state index < -0.39 is 0 Å². The predicted molar refractivity (Wildman–Crippen MR) is 117 cm³/mol. The van der Waals surface area contributed by atoms with Gasteiger partial charge in [-0.05, 0) is 60.9 Å². The number of rotatable bonds is 5. The summed E-state index contributed by atoms with van der Waals surface area (Å²) < 4.78 is 6.31. The predicted octanol–water partition coefficient (Wildman–Crippen LogP) is 5.16. The van der Waals surface area contributed by atoms with Crippen LogP contribution in [0.5, 0.6) is 5.75 Å². The van der Waals surface area contributed by atoms with Gasteiger partial charge in [0.05, 0.1) is 23.9 Å². The number of amides is 1. The number of carbonyl (C=O) groups excluding carboxylic acids is 1. The lowest BCUT2D eigenvalue weighted by Crippen LogP contribution is -2.30. The van der Waals surface area contributed by atoms with Gasteiger partial charge < -0.3 is 4.74 Å². The first-order chi connectivity index (χ1) is 14.0. The smallest absolute Gasteiger partial charge is 0.260 e. The second-order valence-electron chi connectivity index (χ2n) is 6.88. The van der Waals surface area contributed by atoms with Crippen molar-refractivity contribution in [1.29, 1.82) is 0 Å². The summed E-state index contributed by atoms with van der Waals surface area (Å²) in [6.07, 6.45) is 3.50. The van der Waals surface area contributed by atoms with Gasteiger partial charge in [-0.25, -0.2) is 4.98 Å². The van der Waals surface area contributed by atoms with Gasteiger partial charge in [0.25, 0.3) is 5.91 Å². The van der Waals surface area contributed by atoms with Crippen LogP contribution in [-0.4, -0.2) is 23.0 Å². The van der Waals surface area contributed by atoms with E-state index >= 15 is 0 Å². The minimum atomic E-state index is -0.0806. The zero-order valence-corrected chi connectivity index (χ0v) is 17.4. The van der Waals surface area contributed by atoms with Gasteiger partial charge in [0.15, 0.2) is 5.13 Å². The molecule has 0 unspecified atom stereocenters. The molecule has 5 nitrogen and oxygen atoms in total. The average molecular weight is 404 g/mol. The maximum Gasteiger partial charge on any atom is 0.260 e. The van der Waals surface area contributed by atoms with Crippen LogP contribution < -0.4 is 9.64 Å². The average Bonchev–Trinajstić information content (AvgIpc) is 3.17. The molecule has 2 heterocycles. The Bertz CT molecular complexity index is 1170. The van der Waals surface area contributed by atoms with E-state index in [0.29, 0.717) is 17.2 Å². The van der Waals surface area contributed by atoms with Crippen molar-refractivity contribution < 1.29 is 9.53 Å². The Morgan fingerprint density at radius 3 is 2.69 bits per heavy atom. The molecule has 0 N–H and O–H groups in total. The van der Waals surface area contributed by atoms with Crippen molar-refractivity contribution in [1.82, 2.24) is 9.97 Å². The summed E-state index contributed by atoms with van der Waals surface area (Å²) in [6, 6.07) is 15.4. The molecular formula is C23H21N3O2S. The lowest BCUT2D eigenvalue weighted by Gasteiger charge is -2.20. The SMILES string of the molecule is COc1ccc2sc(N(Cc3cccnc3)C(=O)c3ccc(C)c(C)c3)nc2c1. The molecule has 0 atom stereocenters. The van der Waals surface area contributed by atoms with E-state index in [4.69, 9.17) is 9.72 Å². The Hall–Kier alpha value is -3.25. The van der Waals surface area contributed by atoms with Gasteiger partial charge in [0.1, 0.15) is 5.75 Å². The fourth-order valence-electron chi connectivity index (χ4n) is 3.07. The Morgan fingerprint density at radius 1 is 1.10 bits per heavy atom. The highest BCUT2D eigenvalue weighted by Gasteiger charge is 2.22. The van der Waals surface area contributed by atoms with Crippen molar-refractivity contribution in [3.05, 3.63) is 83.2 Å². The first kappa shape index (κ1) is 19.1. The number of benzene rings is 2. The van der Waals surface area contributed by atoms with Gasteiger partial charge in [-0.1, -0.05) is 23.5 Å². The summed E-state index contributed by atoms with van der Waals surface area (Å²) in [5, 5.41) is 0.653. The van der Waals surface area contributed by atoms with Crippen LogP contribution in [0.3, 0.4) is 0 Å².